The van der Waals surface area contributed by atoms with E-state index in [-0.39, 0.29) is 5.78 Å². The van der Waals surface area contributed by atoms with E-state index in [1.807, 2.05) is 6.07 Å². The van der Waals surface area contributed by atoms with Crippen LogP contribution in [0.1, 0.15) is 33.3 Å². The molecule has 3 aromatic rings. The normalized spacial score (nSPS) is 10.9. The summed E-state index contributed by atoms with van der Waals surface area (Å²) in [5.74, 6) is 0.966. The molecule has 2 N–H and O–H groups in total. The number of thioether (sulfide) groups is 1. The predicted molar refractivity (Wildman–Crippen MR) is 111 cm³/mol. The Hall–Kier alpha value is -2.11. The minimum Gasteiger partial charge on any atom is -0.392 e. The second kappa shape index (κ2) is 8.06. The van der Waals surface area contributed by atoms with Crippen LogP contribution in [0.3, 0.4) is 0 Å². The van der Waals surface area contributed by atoms with Crippen LogP contribution in [0.15, 0.2) is 53.0 Å². The molecule has 0 atom stereocenters. The molecule has 0 unspecified atom stereocenters. The Bertz CT molecular complexity index is 912. The maximum absolute atomic E-state index is 12.0. The average Bonchev–Trinajstić information content (AvgIpc) is 2.91. The van der Waals surface area contributed by atoms with Gasteiger partial charge in [-0.3, -0.25) is 4.79 Å². The number of benzene rings is 1. The molecule has 26 heavy (non-hydrogen) atoms. The molecule has 0 amide bonds. The van der Waals surface area contributed by atoms with Crippen molar-refractivity contribution in [1.82, 2.24) is 0 Å². The van der Waals surface area contributed by atoms with Gasteiger partial charge in [0, 0.05) is 23.8 Å². The highest BCUT2D eigenvalue weighted by Gasteiger charge is 2.26. The summed E-state index contributed by atoms with van der Waals surface area (Å²) in [6, 6.07) is 12.6. The van der Waals surface area contributed by atoms with Crippen molar-refractivity contribution in [2.24, 2.45) is 0 Å². The molecule has 3 rings (SSSR count). The van der Waals surface area contributed by atoms with E-state index in [0.29, 0.717) is 10.6 Å². The van der Waals surface area contributed by atoms with Crippen LogP contribution in [-0.2, 0) is 6.42 Å². The first-order valence-electron chi connectivity index (χ1n) is 8.55. The SMILES string of the molecule is CC(=O)c1sc(SCCc2ccccc2)c(-[n+]2cc(C)cc(C)c2)c1N. The van der Waals surface area contributed by atoms with E-state index in [4.69, 9.17) is 5.73 Å². The first-order chi connectivity index (χ1) is 12.5. The summed E-state index contributed by atoms with van der Waals surface area (Å²) in [6.07, 6.45) is 5.11. The third-order valence-electron chi connectivity index (χ3n) is 4.07. The van der Waals surface area contributed by atoms with Gasteiger partial charge in [0.25, 0.3) is 5.69 Å². The highest BCUT2D eigenvalue weighted by molar-refractivity contribution is 8.01. The van der Waals surface area contributed by atoms with E-state index >= 15 is 0 Å². The fraction of sp³-hybridized carbons (Fsp3) is 0.238. The number of rotatable bonds is 6. The molecule has 3 nitrogen and oxygen atoms in total. The zero-order chi connectivity index (χ0) is 18.7. The third kappa shape index (κ3) is 4.17. The maximum atomic E-state index is 12.0. The minimum atomic E-state index is 0.0219. The van der Waals surface area contributed by atoms with Crippen molar-refractivity contribution in [3.8, 4) is 5.69 Å². The largest absolute Gasteiger partial charge is 0.392 e. The second-order valence-electron chi connectivity index (χ2n) is 6.42. The number of nitrogens with two attached hydrogens (primary N) is 1. The maximum Gasteiger partial charge on any atom is 0.259 e. The number of Topliss-reactive ketones (excluding diaryl/α,β-unsaturated/α-hetero) is 1. The molecule has 0 bridgehead atoms. The van der Waals surface area contributed by atoms with E-state index < -0.39 is 0 Å². The number of aromatic nitrogens is 1. The van der Waals surface area contributed by atoms with E-state index in [1.54, 1.807) is 18.7 Å². The minimum absolute atomic E-state index is 0.0219. The van der Waals surface area contributed by atoms with Crippen molar-refractivity contribution in [2.45, 2.75) is 31.4 Å². The van der Waals surface area contributed by atoms with Gasteiger partial charge >= 0.3 is 0 Å². The second-order valence-corrected chi connectivity index (χ2v) is 8.80. The predicted octanol–water partition coefficient (Wildman–Crippen LogP) is 4.76. The fourth-order valence-electron chi connectivity index (χ4n) is 2.96. The number of nitrogen functional groups attached to an aromatic ring is 1. The summed E-state index contributed by atoms with van der Waals surface area (Å²) in [5, 5.41) is 0. The fourth-order valence-corrected chi connectivity index (χ4v) is 5.42. The summed E-state index contributed by atoms with van der Waals surface area (Å²) in [5.41, 5.74) is 11.5. The number of ketones is 1. The van der Waals surface area contributed by atoms with E-state index in [0.717, 1.165) is 22.1 Å². The average molecular weight is 384 g/mol. The van der Waals surface area contributed by atoms with Crippen LogP contribution >= 0.6 is 23.1 Å². The molecular weight excluding hydrogens is 360 g/mol. The van der Waals surface area contributed by atoms with Crippen molar-refractivity contribution in [1.29, 1.82) is 0 Å². The molecule has 2 heterocycles. The number of pyridine rings is 1. The number of hydrogen-bond acceptors (Lipinski definition) is 4. The molecule has 0 aliphatic heterocycles. The van der Waals surface area contributed by atoms with Gasteiger partial charge in [-0.1, -0.05) is 30.3 Å². The zero-order valence-corrected chi connectivity index (χ0v) is 16.9. The first kappa shape index (κ1) is 18.7. The van der Waals surface area contributed by atoms with Gasteiger partial charge in [0.2, 0.25) is 0 Å². The van der Waals surface area contributed by atoms with E-state index in [1.165, 1.54) is 28.0 Å². The molecule has 0 aliphatic rings. The van der Waals surface area contributed by atoms with Crippen LogP contribution < -0.4 is 10.3 Å². The lowest BCUT2D eigenvalue weighted by Gasteiger charge is -2.03. The van der Waals surface area contributed by atoms with E-state index in [2.05, 4.69) is 61.1 Å². The first-order valence-corrected chi connectivity index (χ1v) is 10.4. The zero-order valence-electron chi connectivity index (χ0n) is 15.3. The molecule has 0 radical (unpaired) electrons. The third-order valence-corrected chi connectivity index (χ3v) is 6.63. The van der Waals surface area contributed by atoms with E-state index in [9.17, 15) is 4.79 Å². The summed E-state index contributed by atoms with van der Waals surface area (Å²) < 4.78 is 3.16. The Labute approximate surface area is 162 Å². The van der Waals surface area contributed by atoms with Gasteiger partial charge in [-0.05, 0) is 31.9 Å². The van der Waals surface area contributed by atoms with Crippen molar-refractivity contribution < 1.29 is 9.36 Å². The number of hydrogen-bond donors (Lipinski definition) is 1. The molecule has 1 aromatic carbocycles. The quantitative estimate of drug-likeness (QED) is 0.379. The van der Waals surface area contributed by atoms with Crippen LogP contribution in [0, 0.1) is 13.8 Å². The number of thiophene rings is 1. The lowest BCUT2D eigenvalue weighted by Crippen LogP contribution is -2.32. The monoisotopic (exact) mass is 383 g/mol. The summed E-state index contributed by atoms with van der Waals surface area (Å²) >= 11 is 3.27. The van der Waals surface area contributed by atoms with Crippen LogP contribution in [0.5, 0.6) is 0 Å². The number of nitrogens with zero attached hydrogens (tertiary/aromatic N) is 1. The molecule has 0 saturated carbocycles. The molecular formula is C21H23N2OS2+. The van der Waals surface area contributed by atoms with Gasteiger partial charge in [-0.2, -0.15) is 4.57 Å². The van der Waals surface area contributed by atoms with Crippen LogP contribution in [0.4, 0.5) is 5.69 Å². The van der Waals surface area contributed by atoms with Gasteiger partial charge < -0.3 is 5.73 Å². The summed E-state index contributed by atoms with van der Waals surface area (Å²) in [4.78, 5) is 12.7. The molecule has 0 aliphatic carbocycles. The Morgan fingerprint density at radius 1 is 1.15 bits per heavy atom. The van der Waals surface area contributed by atoms with Crippen LogP contribution in [0.25, 0.3) is 5.69 Å². The van der Waals surface area contributed by atoms with Crippen molar-refractivity contribution in [3.05, 3.63) is 70.4 Å². The van der Waals surface area contributed by atoms with Crippen molar-refractivity contribution in [3.63, 3.8) is 0 Å². The number of carbonyl (C=O) groups is 1. The lowest BCUT2D eigenvalue weighted by atomic mass is 10.2. The highest BCUT2D eigenvalue weighted by Crippen LogP contribution is 2.39. The van der Waals surface area contributed by atoms with Crippen LogP contribution in [0.2, 0.25) is 0 Å². The summed E-state index contributed by atoms with van der Waals surface area (Å²) in [7, 11) is 0. The van der Waals surface area contributed by atoms with Gasteiger partial charge in [0.05, 0.1) is 0 Å². The van der Waals surface area contributed by atoms with Gasteiger partial charge in [-0.15, -0.1) is 23.1 Å². The van der Waals surface area contributed by atoms with Crippen molar-refractivity contribution in [2.75, 3.05) is 11.5 Å². The Morgan fingerprint density at radius 3 is 2.42 bits per heavy atom. The Kier molecular flexibility index (Phi) is 5.79. The van der Waals surface area contributed by atoms with Crippen LogP contribution in [-0.4, -0.2) is 11.5 Å². The Balaban J connectivity index is 1.93. The molecule has 5 heteroatoms. The smallest absolute Gasteiger partial charge is 0.259 e. The Morgan fingerprint density at radius 2 is 1.81 bits per heavy atom. The van der Waals surface area contributed by atoms with Crippen molar-refractivity contribution >= 4 is 34.6 Å². The number of carbonyl (C=O) groups excluding carboxylic acids is 1. The lowest BCUT2D eigenvalue weighted by molar-refractivity contribution is -0.597. The molecule has 2 aromatic heterocycles. The molecule has 0 spiro atoms. The molecule has 0 saturated heterocycles. The number of aryl methyl sites for hydroxylation is 3. The standard InChI is InChI=1S/C21H22N2OS2/c1-14-11-15(2)13-23(12-14)19-18(22)20(16(3)24)26-21(19)25-10-9-17-7-5-4-6-8-17/h4-8,11-13H,9-10H2,1-3H3,(H-,22,24)/p+1. The summed E-state index contributed by atoms with van der Waals surface area (Å²) in [6.45, 7) is 5.72. The topological polar surface area (TPSA) is 47.0 Å². The van der Waals surface area contributed by atoms with Gasteiger partial charge in [-0.25, -0.2) is 0 Å². The van der Waals surface area contributed by atoms with Gasteiger partial charge in [0.15, 0.2) is 18.2 Å². The highest BCUT2D eigenvalue weighted by atomic mass is 32.2. The number of anilines is 1. The molecule has 0 fully saturated rings. The molecule has 134 valence electrons. The van der Waals surface area contributed by atoms with Gasteiger partial charge in [0.1, 0.15) is 14.8 Å².